The van der Waals surface area contributed by atoms with Crippen molar-refractivity contribution in [3.05, 3.63) is 48.2 Å². The normalized spacial score (nSPS) is 11.1. The molecule has 0 saturated carbocycles. The van der Waals surface area contributed by atoms with Gasteiger partial charge in [-0.25, -0.2) is 4.98 Å². The lowest BCUT2D eigenvalue weighted by Gasteiger charge is -2.10. The molecule has 1 aromatic heterocycles. The highest BCUT2D eigenvalue weighted by Gasteiger charge is 2.29. The van der Waals surface area contributed by atoms with Crippen molar-refractivity contribution >= 4 is 23.1 Å². The monoisotopic (exact) mass is 309 g/mol. The third-order valence-corrected chi connectivity index (χ3v) is 2.85. The van der Waals surface area contributed by atoms with Crippen LogP contribution in [0.5, 0.6) is 0 Å². The molecule has 0 bridgehead atoms. The van der Waals surface area contributed by atoms with Crippen molar-refractivity contribution in [1.29, 1.82) is 0 Å². The summed E-state index contributed by atoms with van der Waals surface area (Å²) in [5.74, 6) is 0.278. The summed E-state index contributed by atoms with van der Waals surface area (Å²) in [5, 5.41) is 5.54. The van der Waals surface area contributed by atoms with Gasteiger partial charge >= 0.3 is 6.18 Å². The van der Waals surface area contributed by atoms with E-state index in [4.69, 9.17) is 0 Å². The number of nitrogens with one attached hydrogen (secondary N) is 2. The van der Waals surface area contributed by atoms with Crippen LogP contribution in [0.1, 0.15) is 18.9 Å². The number of alkyl halides is 3. The lowest BCUT2D eigenvalue weighted by Crippen LogP contribution is -2.10. The molecule has 2 rings (SSSR count). The van der Waals surface area contributed by atoms with E-state index < -0.39 is 11.7 Å². The average Bonchev–Trinajstić information content (AvgIpc) is 2.49. The number of halogens is 3. The number of pyridine rings is 1. The molecule has 1 amide bonds. The van der Waals surface area contributed by atoms with Crippen LogP contribution < -0.4 is 10.6 Å². The topological polar surface area (TPSA) is 54.0 Å². The Morgan fingerprint density at radius 1 is 1.09 bits per heavy atom. The van der Waals surface area contributed by atoms with Crippen molar-refractivity contribution in [3.8, 4) is 0 Å². The lowest BCUT2D eigenvalue weighted by molar-refractivity contribution is -0.137. The summed E-state index contributed by atoms with van der Waals surface area (Å²) in [7, 11) is 0. The van der Waals surface area contributed by atoms with Gasteiger partial charge in [-0.05, 0) is 36.4 Å². The van der Waals surface area contributed by atoms with Crippen molar-refractivity contribution < 1.29 is 18.0 Å². The van der Waals surface area contributed by atoms with Gasteiger partial charge in [0, 0.05) is 12.1 Å². The molecule has 1 heterocycles. The summed E-state index contributed by atoms with van der Waals surface area (Å²) in [5.41, 5.74) is 0.420. The smallest absolute Gasteiger partial charge is 0.354 e. The first-order chi connectivity index (χ1) is 10.4. The number of hydrogen-bond donors (Lipinski definition) is 2. The fraction of sp³-hybridized carbons (Fsp3) is 0.200. The molecule has 22 heavy (non-hydrogen) atoms. The molecule has 0 spiro atoms. The van der Waals surface area contributed by atoms with Gasteiger partial charge in [-0.1, -0.05) is 6.92 Å². The van der Waals surface area contributed by atoms with Gasteiger partial charge in [-0.3, -0.25) is 4.79 Å². The predicted molar refractivity (Wildman–Crippen MR) is 77.9 cm³/mol. The van der Waals surface area contributed by atoms with Crippen LogP contribution in [-0.4, -0.2) is 10.9 Å². The molecule has 1 aromatic carbocycles. The number of carbonyl (C=O) groups excluding carboxylic acids is 1. The maximum Gasteiger partial charge on any atom is 0.416 e. The van der Waals surface area contributed by atoms with E-state index in [0.717, 1.165) is 12.1 Å². The van der Waals surface area contributed by atoms with Crippen molar-refractivity contribution in [1.82, 2.24) is 4.98 Å². The second kappa shape index (κ2) is 6.46. The molecule has 0 saturated heterocycles. The number of carbonyl (C=O) groups is 1. The number of rotatable bonds is 4. The Labute approximate surface area is 125 Å². The first-order valence-corrected chi connectivity index (χ1v) is 6.58. The van der Waals surface area contributed by atoms with E-state index in [2.05, 4.69) is 15.6 Å². The number of anilines is 3. The molecule has 116 valence electrons. The molecule has 4 nitrogen and oxygen atoms in total. The lowest BCUT2D eigenvalue weighted by atomic mass is 10.2. The third-order valence-electron chi connectivity index (χ3n) is 2.85. The minimum absolute atomic E-state index is 0.143. The second-order valence-electron chi connectivity index (χ2n) is 4.53. The molecule has 0 radical (unpaired) electrons. The van der Waals surface area contributed by atoms with Gasteiger partial charge in [0.1, 0.15) is 5.82 Å². The van der Waals surface area contributed by atoms with Crippen LogP contribution in [0.15, 0.2) is 42.6 Å². The highest BCUT2D eigenvalue weighted by Crippen LogP contribution is 2.30. The Morgan fingerprint density at radius 2 is 1.73 bits per heavy atom. The van der Waals surface area contributed by atoms with Crippen molar-refractivity contribution in [2.45, 2.75) is 19.5 Å². The standard InChI is InChI=1S/C15H14F3N3O/c1-2-14(22)21-13-8-7-12(9-19-13)20-11-5-3-10(4-6-11)15(16,17)18/h3-9,20H,2H2,1H3,(H,19,21,22). The zero-order chi connectivity index (χ0) is 16.2. The zero-order valence-electron chi connectivity index (χ0n) is 11.7. The fourth-order valence-electron chi connectivity index (χ4n) is 1.68. The third kappa shape index (κ3) is 4.21. The fourth-order valence-corrected chi connectivity index (χ4v) is 1.68. The van der Waals surface area contributed by atoms with Crippen LogP contribution in [-0.2, 0) is 11.0 Å². The Bertz CT molecular complexity index is 637. The largest absolute Gasteiger partial charge is 0.416 e. The van der Waals surface area contributed by atoms with Gasteiger partial charge < -0.3 is 10.6 Å². The van der Waals surface area contributed by atoms with Crippen molar-refractivity contribution in [2.24, 2.45) is 0 Å². The number of nitrogens with zero attached hydrogens (tertiary/aromatic N) is 1. The first-order valence-electron chi connectivity index (χ1n) is 6.58. The summed E-state index contributed by atoms with van der Waals surface area (Å²) < 4.78 is 37.4. The maximum absolute atomic E-state index is 12.5. The zero-order valence-corrected chi connectivity index (χ0v) is 11.7. The Hall–Kier alpha value is -2.57. The van der Waals surface area contributed by atoms with Gasteiger partial charge in [-0.15, -0.1) is 0 Å². The number of aromatic nitrogens is 1. The Morgan fingerprint density at radius 3 is 2.23 bits per heavy atom. The predicted octanol–water partition coefficient (Wildman–Crippen LogP) is 4.19. The summed E-state index contributed by atoms with van der Waals surface area (Å²) in [6.07, 6.45) is -2.50. The molecule has 0 aliphatic carbocycles. The summed E-state index contributed by atoms with van der Waals surface area (Å²) >= 11 is 0. The molecule has 0 fully saturated rings. The highest BCUT2D eigenvalue weighted by atomic mass is 19.4. The number of amides is 1. The first kappa shape index (κ1) is 15.8. The maximum atomic E-state index is 12.5. The average molecular weight is 309 g/mol. The molecular weight excluding hydrogens is 295 g/mol. The van der Waals surface area contributed by atoms with E-state index in [1.165, 1.54) is 18.3 Å². The van der Waals surface area contributed by atoms with Gasteiger partial charge in [0.2, 0.25) is 5.91 Å². The molecule has 0 aliphatic heterocycles. The highest BCUT2D eigenvalue weighted by molar-refractivity contribution is 5.89. The van der Waals surface area contributed by atoms with Crippen LogP contribution in [0.3, 0.4) is 0 Å². The Balaban J connectivity index is 2.03. The van der Waals surface area contributed by atoms with Gasteiger partial charge in [0.25, 0.3) is 0 Å². The minimum Gasteiger partial charge on any atom is -0.354 e. The van der Waals surface area contributed by atoms with Crippen LogP contribution in [0.25, 0.3) is 0 Å². The molecule has 0 aliphatic rings. The summed E-state index contributed by atoms with van der Waals surface area (Å²) in [6, 6.07) is 7.98. The number of benzene rings is 1. The second-order valence-corrected chi connectivity index (χ2v) is 4.53. The van der Waals surface area contributed by atoms with Crippen molar-refractivity contribution in [3.63, 3.8) is 0 Å². The van der Waals surface area contributed by atoms with Crippen molar-refractivity contribution in [2.75, 3.05) is 10.6 Å². The van der Waals surface area contributed by atoms with Crippen LogP contribution in [0.4, 0.5) is 30.4 Å². The molecule has 0 atom stereocenters. The molecular formula is C15H14F3N3O. The molecule has 7 heteroatoms. The van der Waals surface area contributed by atoms with E-state index in [9.17, 15) is 18.0 Å². The minimum atomic E-state index is -4.35. The summed E-state index contributed by atoms with van der Waals surface area (Å²) in [6.45, 7) is 1.73. The van der Waals surface area contributed by atoms with Crippen LogP contribution in [0.2, 0.25) is 0 Å². The SMILES string of the molecule is CCC(=O)Nc1ccc(Nc2ccc(C(F)(F)F)cc2)cn1. The summed E-state index contributed by atoms with van der Waals surface area (Å²) in [4.78, 5) is 15.3. The van der Waals surface area contributed by atoms with E-state index in [1.807, 2.05) is 0 Å². The van der Waals surface area contributed by atoms with Gasteiger partial charge in [-0.2, -0.15) is 13.2 Å². The molecule has 0 unspecified atom stereocenters. The van der Waals surface area contributed by atoms with E-state index in [1.54, 1.807) is 19.1 Å². The number of hydrogen-bond acceptors (Lipinski definition) is 3. The quantitative estimate of drug-likeness (QED) is 0.890. The van der Waals surface area contributed by atoms with Crippen LogP contribution in [0, 0.1) is 0 Å². The van der Waals surface area contributed by atoms with E-state index in [-0.39, 0.29) is 5.91 Å². The van der Waals surface area contributed by atoms with E-state index in [0.29, 0.717) is 23.6 Å². The van der Waals surface area contributed by atoms with Crippen LogP contribution >= 0.6 is 0 Å². The van der Waals surface area contributed by atoms with Gasteiger partial charge in [0.05, 0.1) is 17.4 Å². The Kier molecular flexibility index (Phi) is 4.65. The van der Waals surface area contributed by atoms with Gasteiger partial charge in [0.15, 0.2) is 0 Å². The molecule has 2 aromatic rings. The molecule has 2 N–H and O–H groups in total. The van der Waals surface area contributed by atoms with E-state index >= 15 is 0 Å².